The van der Waals surface area contributed by atoms with Gasteiger partial charge in [0.05, 0.1) is 11.8 Å². The first-order valence-corrected chi connectivity index (χ1v) is 9.83. The van der Waals surface area contributed by atoms with Crippen LogP contribution in [0.1, 0.15) is 24.0 Å². The monoisotopic (exact) mass is 429 g/mol. The second-order valence-corrected chi connectivity index (χ2v) is 8.92. The molecule has 1 spiro atoms. The molecule has 0 unspecified atom stereocenters. The lowest BCUT2D eigenvalue weighted by molar-refractivity contribution is -0.0497. The van der Waals surface area contributed by atoms with Gasteiger partial charge in [0.25, 0.3) is 5.56 Å². The van der Waals surface area contributed by atoms with Crippen molar-refractivity contribution < 1.29 is 5.11 Å². The predicted molar refractivity (Wildman–Crippen MR) is 107 cm³/mol. The zero-order valence-electron chi connectivity index (χ0n) is 15.2. The maximum absolute atomic E-state index is 12.6. The molecule has 1 saturated carbocycles. The van der Waals surface area contributed by atoms with E-state index in [-0.39, 0.29) is 17.1 Å². The molecule has 0 amide bonds. The van der Waals surface area contributed by atoms with E-state index in [4.69, 9.17) is 0 Å². The number of aliphatic hydroxyl groups is 1. The smallest absolute Gasteiger partial charge is 0.263 e. The number of benzene rings is 1. The van der Waals surface area contributed by atoms with Crippen LogP contribution in [0.4, 0.5) is 5.95 Å². The summed E-state index contributed by atoms with van der Waals surface area (Å²) in [5.41, 5.74) is 3.58. The Bertz CT molecular complexity index is 1100. The van der Waals surface area contributed by atoms with E-state index in [1.807, 2.05) is 26.0 Å². The van der Waals surface area contributed by atoms with Crippen LogP contribution in [-0.2, 0) is 0 Å². The standard InChI is InChI=1S/C19H20BrN5O2/c1-10-3-12(20)4-11(2)15(10)25-7-14-16(23-25)21-18(22-17(14)27)24-8-19(9-24)5-13(26)6-19/h3-4,7,13,26H,5-6,8-9H2,1-2H3,(H,21,22,23,27). The van der Waals surface area contributed by atoms with Crippen molar-refractivity contribution in [2.45, 2.75) is 32.8 Å². The lowest BCUT2D eigenvalue weighted by Crippen LogP contribution is -2.64. The average Bonchev–Trinajstić information content (AvgIpc) is 2.92. The summed E-state index contributed by atoms with van der Waals surface area (Å²) in [6.45, 7) is 5.69. The summed E-state index contributed by atoms with van der Waals surface area (Å²) < 4.78 is 2.76. The molecular formula is C19H20BrN5O2. The van der Waals surface area contributed by atoms with Gasteiger partial charge in [-0.3, -0.25) is 9.78 Å². The molecular weight excluding hydrogens is 410 g/mol. The Hall–Kier alpha value is -2.19. The second kappa shape index (κ2) is 5.65. The summed E-state index contributed by atoms with van der Waals surface area (Å²) in [6, 6.07) is 4.06. The Morgan fingerprint density at radius 1 is 1.26 bits per heavy atom. The first kappa shape index (κ1) is 16.9. The summed E-state index contributed by atoms with van der Waals surface area (Å²) >= 11 is 3.51. The molecule has 140 valence electrons. The molecule has 3 heterocycles. The maximum atomic E-state index is 12.6. The van der Waals surface area contributed by atoms with E-state index in [9.17, 15) is 9.90 Å². The average molecular weight is 430 g/mol. The molecule has 7 nitrogen and oxygen atoms in total. The first-order chi connectivity index (χ1) is 12.8. The highest BCUT2D eigenvalue weighted by Gasteiger charge is 2.52. The van der Waals surface area contributed by atoms with Crippen molar-refractivity contribution in [3.05, 3.63) is 44.3 Å². The van der Waals surface area contributed by atoms with Crippen LogP contribution in [-0.4, -0.2) is 44.0 Å². The highest BCUT2D eigenvalue weighted by Crippen LogP contribution is 2.48. The topological polar surface area (TPSA) is 87.0 Å². The Morgan fingerprint density at radius 2 is 1.93 bits per heavy atom. The van der Waals surface area contributed by atoms with Crippen molar-refractivity contribution in [1.82, 2.24) is 19.7 Å². The van der Waals surface area contributed by atoms with Crippen molar-refractivity contribution >= 4 is 32.9 Å². The zero-order chi connectivity index (χ0) is 18.9. The van der Waals surface area contributed by atoms with E-state index in [0.29, 0.717) is 17.0 Å². The molecule has 3 aromatic rings. The predicted octanol–water partition coefficient (Wildman–Crippen LogP) is 2.45. The number of fused-ring (bicyclic) bond motifs is 1. The zero-order valence-corrected chi connectivity index (χ0v) is 16.7. The summed E-state index contributed by atoms with van der Waals surface area (Å²) in [5.74, 6) is 0.564. The number of aryl methyl sites for hydroxylation is 2. The number of aliphatic hydroxyl groups excluding tert-OH is 1. The van der Waals surface area contributed by atoms with Gasteiger partial charge in [0.1, 0.15) is 5.39 Å². The summed E-state index contributed by atoms with van der Waals surface area (Å²) in [7, 11) is 0. The van der Waals surface area contributed by atoms with E-state index >= 15 is 0 Å². The van der Waals surface area contributed by atoms with Crippen LogP contribution in [0.3, 0.4) is 0 Å². The molecule has 5 rings (SSSR count). The minimum absolute atomic E-state index is 0.172. The number of nitrogens with one attached hydrogen (secondary N) is 1. The van der Waals surface area contributed by atoms with Gasteiger partial charge >= 0.3 is 0 Å². The minimum atomic E-state index is -0.178. The lowest BCUT2D eigenvalue weighted by Gasteiger charge is -2.57. The van der Waals surface area contributed by atoms with Gasteiger partial charge in [-0.2, -0.15) is 4.98 Å². The summed E-state index contributed by atoms with van der Waals surface area (Å²) in [6.07, 6.45) is 3.25. The van der Waals surface area contributed by atoms with Crippen molar-refractivity contribution in [3.8, 4) is 5.69 Å². The number of aromatic nitrogens is 4. The van der Waals surface area contributed by atoms with Crippen LogP contribution in [0.15, 0.2) is 27.6 Å². The molecule has 1 aliphatic carbocycles. The first-order valence-electron chi connectivity index (χ1n) is 9.03. The maximum Gasteiger partial charge on any atom is 0.263 e. The third-order valence-electron chi connectivity index (χ3n) is 5.75. The largest absolute Gasteiger partial charge is 0.393 e. The molecule has 1 saturated heterocycles. The number of rotatable bonds is 2. The second-order valence-electron chi connectivity index (χ2n) is 8.01. The van der Waals surface area contributed by atoms with Crippen molar-refractivity contribution in [2.75, 3.05) is 18.0 Å². The molecule has 8 heteroatoms. The van der Waals surface area contributed by atoms with E-state index in [0.717, 1.165) is 47.2 Å². The molecule has 2 aliphatic rings. The Kier molecular flexibility index (Phi) is 3.55. The van der Waals surface area contributed by atoms with Gasteiger partial charge in [-0.15, -0.1) is 5.10 Å². The molecule has 0 radical (unpaired) electrons. The number of nitrogens with zero attached hydrogens (tertiary/aromatic N) is 4. The van der Waals surface area contributed by atoms with Gasteiger partial charge in [-0.25, -0.2) is 4.68 Å². The molecule has 2 fully saturated rings. The van der Waals surface area contributed by atoms with Crippen molar-refractivity contribution in [3.63, 3.8) is 0 Å². The molecule has 2 N–H and O–H groups in total. The highest BCUT2D eigenvalue weighted by molar-refractivity contribution is 9.10. The molecule has 0 bridgehead atoms. The fraction of sp³-hybridized carbons (Fsp3) is 0.421. The fourth-order valence-corrected chi connectivity index (χ4v) is 5.23. The number of H-pyrrole nitrogens is 1. The van der Waals surface area contributed by atoms with Crippen LogP contribution in [0, 0.1) is 19.3 Å². The van der Waals surface area contributed by atoms with E-state index in [1.54, 1.807) is 10.9 Å². The summed E-state index contributed by atoms with van der Waals surface area (Å²) in [5, 5.41) is 14.6. The number of hydrogen-bond donors (Lipinski definition) is 2. The van der Waals surface area contributed by atoms with Gasteiger partial charge in [0.15, 0.2) is 5.65 Å². The van der Waals surface area contributed by atoms with Crippen LogP contribution in [0.2, 0.25) is 0 Å². The van der Waals surface area contributed by atoms with Crippen molar-refractivity contribution in [1.29, 1.82) is 0 Å². The van der Waals surface area contributed by atoms with E-state index in [2.05, 4.69) is 35.9 Å². The Labute approximate surface area is 164 Å². The third kappa shape index (κ3) is 2.62. The molecule has 0 atom stereocenters. The minimum Gasteiger partial charge on any atom is -0.393 e. The van der Waals surface area contributed by atoms with Gasteiger partial charge in [0, 0.05) is 29.2 Å². The number of halogens is 1. The molecule has 1 aromatic carbocycles. The van der Waals surface area contributed by atoms with Gasteiger partial charge in [0.2, 0.25) is 5.95 Å². The van der Waals surface area contributed by atoms with Gasteiger partial charge < -0.3 is 10.0 Å². The SMILES string of the molecule is Cc1cc(Br)cc(C)c1-n1cc2c(=O)[nH]c(N3CC4(CC(O)C4)C3)nc2n1. The fourth-order valence-electron chi connectivity index (χ4n) is 4.54. The lowest BCUT2D eigenvalue weighted by atomic mass is 9.62. The van der Waals surface area contributed by atoms with Gasteiger partial charge in [-0.1, -0.05) is 15.9 Å². The van der Waals surface area contributed by atoms with E-state index in [1.165, 1.54) is 0 Å². The van der Waals surface area contributed by atoms with Gasteiger partial charge in [-0.05, 0) is 49.9 Å². The quantitative estimate of drug-likeness (QED) is 0.653. The highest BCUT2D eigenvalue weighted by atomic mass is 79.9. The molecule has 1 aliphatic heterocycles. The number of aromatic amines is 1. The van der Waals surface area contributed by atoms with Crippen LogP contribution < -0.4 is 10.5 Å². The Morgan fingerprint density at radius 3 is 2.56 bits per heavy atom. The number of hydrogen-bond acceptors (Lipinski definition) is 5. The Balaban J connectivity index is 1.52. The van der Waals surface area contributed by atoms with Crippen LogP contribution >= 0.6 is 15.9 Å². The molecule has 2 aromatic heterocycles. The van der Waals surface area contributed by atoms with Crippen LogP contribution in [0.25, 0.3) is 16.7 Å². The normalized spacial score (nSPS) is 18.7. The third-order valence-corrected chi connectivity index (χ3v) is 6.21. The van der Waals surface area contributed by atoms with Crippen molar-refractivity contribution in [2.24, 2.45) is 5.41 Å². The molecule has 27 heavy (non-hydrogen) atoms. The summed E-state index contributed by atoms with van der Waals surface area (Å²) in [4.78, 5) is 22.1. The number of anilines is 1. The van der Waals surface area contributed by atoms with Crippen LogP contribution in [0.5, 0.6) is 0 Å². The van der Waals surface area contributed by atoms with E-state index < -0.39 is 0 Å².